The minimum atomic E-state index is -0.979. The Balaban J connectivity index is 1.46. The fraction of sp³-hybridized carbons (Fsp3) is 0. The van der Waals surface area contributed by atoms with Crippen molar-refractivity contribution >= 4 is 17.0 Å². The summed E-state index contributed by atoms with van der Waals surface area (Å²) in [7, 11) is 0. The molecule has 7 nitrogen and oxygen atoms in total. The number of aromatic nitrogens is 5. The quantitative estimate of drug-likeness (QED) is 0.337. The van der Waals surface area contributed by atoms with Crippen molar-refractivity contribution in [3.05, 3.63) is 115 Å². The number of fused-ring (bicyclic) bond motifs is 1. The number of carbonyl (C=O) groups is 1. The summed E-state index contributed by atoms with van der Waals surface area (Å²) in [6.07, 6.45) is 3.31. The van der Waals surface area contributed by atoms with Crippen molar-refractivity contribution in [1.29, 1.82) is 0 Å². The summed E-state index contributed by atoms with van der Waals surface area (Å²) in [5.74, 6) is 0.201. The number of carboxylic acids is 1. The van der Waals surface area contributed by atoms with Gasteiger partial charge in [-0.1, -0.05) is 54.6 Å². The molecule has 0 saturated carbocycles. The van der Waals surface area contributed by atoms with E-state index >= 15 is 0 Å². The molecule has 7 heteroatoms. The fourth-order valence-electron chi connectivity index (χ4n) is 4.09. The Labute approximate surface area is 206 Å². The van der Waals surface area contributed by atoms with E-state index in [9.17, 15) is 9.90 Å². The van der Waals surface area contributed by atoms with Gasteiger partial charge in [-0.15, -0.1) is 5.10 Å². The molecule has 0 saturated heterocycles. The van der Waals surface area contributed by atoms with Crippen LogP contribution in [-0.2, 0) is 0 Å². The lowest BCUT2D eigenvalue weighted by molar-refractivity contribution is 0.0697. The molecule has 0 aliphatic rings. The molecule has 36 heavy (non-hydrogen) atoms. The van der Waals surface area contributed by atoms with E-state index in [1.165, 1.54) is 0 Å². The Morgan fingerprint density at radius 3 is 2.03 bits per heavy atom. The van der Waals surface area contributed by atoms with E-state index in [-0.39, 0.29) is 5.56 Å². The molecular formula is C29H19N5O2. The van der Waals surface area contributed by atoms with Crippen LogP contribution < -0.4 is 0 Å². The van der Waals surface area contributed by atoms with Gasteiger partial charge in [0.2, 0.25) is 0 Å². The number of benzene rings is 4. The molecule has 0 aliphatic carbocycles. The van der Waals surface area contributed by atoms with Crippen LogP contribution in [0.25, 0.3) is 50.6 Å². The fourth-order valence-corrected chi connectivity index (χ4v) is 4.09. The summed E-state index contributed by atoms with van der Waals surface area (Å²) < 4.78 is 1.73. The van der Waals surface area contributed by atoms with E-state index in [1.54, 1.807) is 41.3 Å². The smallest absolute Gasteiger partial charge is 0.335 e. The number of aromatic carboxylic acids is 1. The third-order valence-corrected chi connectivity index (χ3v) is 5.94. The van der Waals surface area contributed by atoms with Gasteiger partial charge < -0.3 is 5.11 Å². The lowest BCUT2D eigenvalue weighted by Gasteiger charge is -2.07. The zero-order chi connectivity index (χ0) is 24.5. The van der Waals surface area contributed by atoms with Crippen molar-refractivity contribution in [2.24, 2.45) is 0 Å². The molecule has 6 rings (SSSR count). The van der Waals surface area contributed by atoms with Gasteiger partial charge in [-0.3, -0.25) is 9.97 Å². The lowest BCUT2D eigenvalue weighted by Crippen LogP contribution is -2.02. The second-order valence-corrected chi connectivity index (χ2v) is 8.23. The van der Waals surface area contributed by atoms with Crippen LogP contribution in [0.15, 0.2) is 109 Å². The third-order valence-electron chi connectivity index (χ3n) is 5.94. The number of hydrogen-bond acceptors (Lipinski definition) is 5. The molecule has 2 aromatic heterocycles. The molecule has 0 bridgehead atoms. The van der Waals surface area contributed by atoms with Crippen LogP contribution in [0, 0.1) is 0 Å². The largest absolute Gasteiger partial charge is 0.478 e. The van der Waals surface area contributed by atoms with Gasteiger partial charge in [-0.2, -0.15) is 0 Å². The molecule has 0 aliphatic heterocycles. The molecular weight excluding hydrogens is 450 g/mol. The minimum absolute atomic E-state index is 0.207. The summed E-state index contributed by atoms with van der Waals surface area (Å²) in [4.78, 5) is 25.0. The van der Waals surface area contributed by atoms with Gasteiger partial charge in [0.05, 0.1) is 22.3 Å². The minimum Gasteiger partial charge on any atom is -0.478 e. The second-order valence-electron chi connectivity index (χ2n) is 8.23. The standard InChI is InChI=1S/C29H19N5O2/c35-29(36)22-10-13-24(14-11-22)34-28(23-12-15-25-26(18-23)31-17-16-30-25)32-27(33-34)21-8-6-20(7-9-21)19-4-2-1-3-5-19/h1-18H,(H,35,36). The molecule has 172 valence electrons. The molecule has 0 unspecified atom stereocenters. The monoisotopic (exact) mass is 469 g/mol. The number of carboxylic acid groups (broad SMARTS) is 1. The molecule has 2 heterocycles. The van der Waals surface area contributed by atoms with Crippen molar-refractivity contribution in [2.45, 2.75) is 0 Å². The Bertz CT molecular complexity index is 1690. The molecule has 1 N–H and O–H groups in total. The summed E-state index contributed by atoms with van der Waals surface area (Å²) in [5, 5.41) is 14.1. The van der Waals surface area contributed by atoms with Crippen LogP contribution in [0.1, 0.15) is 10.4 Å². The molecule has 0 spiro atoms. The Morgan fingerprint density at radius 1 is 0.667 bits per heavy atom. The first-order valence-corrected chi connectivity index (χ1v) is 11.3. The van der Waals surface area contributed by atoms with E-state index in [0.717, 1.165) is 33.3 Å². The zero-order valence-electron chi connectivity index (χ0n) is 19.0. The molecule has 0 amide bonds. The first-order chi connectivity index (χ1) is 17.7. The predicted octanol–water partition coefficient (Wildman–Crippen LogP) is 5.91. The normalized spacial score (nSPS) is 11.0. The van der Waals surface area contributed by atoms with E-state index in [2.05, 4.69) is 34.2 Å². The first kappa shape index (κ1) is 21.4. The highest BCUT2D eigenvalue weighted by molar-refractivity contribution is 5.88. The first-order valence-electron chi connectivity index (χ1n) is 11.3. The van der Waals surface area contributed by atoms with Crippen LogP contribution in [-0.4, -0.2) is 35.8 Å². The highest BCUT2D eigenvalue weighted by atomic mass is 16.4. The molecule has 0 fully saturated rings. The van der Waals surface area contributed by atoms with Crippen LogP contribution in [0.5, 0.6) is 0 Å². The molecule has 0 atom stereocenters. The maximum absolute atomic E-state index is 11.3. The SMILES string of the molecule is O=C(O)c1ccc(-n2nc(-c3ccc(-c4ccccc4)cc3)nc2-c2ccc3nccnc3c2)cc1. The third kappa shape index (κ3) is 3.99. The number of rotatable bonds is 5. The topological polar surface area (TPSA) is 93.8 Å². The number of nitrogens with zero attached hydrogens (tertiary/aromatic N) is 5. The van der Waals surface area contributed by atoms with Crippen LogP contribution in [0.2, 0.25) is 0 Å². The van der Waals surface area contributed by atoms with E-state index < -0.39 is 5.97 Å². The van der Waals surface area contributed by atoms with Gasteiger partial charge in [-0.05, 0) is 53.6 Å². The van der Waals surface area contributed by atoms with Gasteiger partial charge >= 0.3 is 5.97 Å². The van der Waals surface area contributed by atoms with Crippen molar-refractivity contribution in [3.8, 4) is 39.6 Å². The number of hydrogen-bond donors (Lipinski definition) is 1. The van der Waals surface area contributed by atoms with E-state index in [4.69, 9.17) is 10.1 Å². The predicted molar refractivity (Wildman–Crippen MR) is 138 cm³/mol. The van der Waals surface area contributed by atoms with E-state index in [0.29, 0.717) is 17.3 Å². The highest BCUT2D eigenvalue weighted by Gasteiger charge is 2.16. The summed E-state index contributed by atoms with van der Waals surface area (Å²) in [6.45, 7) is 0. The summed E-state index contributed by atoms with van der Waals surface area (Å²) in [5.41, 5.74) is 6.39. The zero-order valence-corrected chi connectivity index (χ0v) is 19.0. The van der Waals surface area contributed by atoms with Gasteiger partial charge in [0.25, 0.3) is 0 Å². The highest BCUT2D eigenvalue weighted by Crippen LogP contribution is 2.29. The van der Waals surface area contributed by atoms with Crippen LogP contribution in [0.3, 0.4) is 0 Å². The Kier molecular flexibility index (Phi) is 5.27. The maximum atomic E-state index is 11.3. The molecule has 6 aromatic rings. The van der Waals surface area contributed by atoms with Crippen molar-refractivity contribution in [2.75, 3.05) is 0 Å². The van der Waals surface area contributed by atoms with Crippen molar-refractivity contribution in [1.82, 2.24) is 24.7 Å². The maximum Gasteiger partial charge on any atom is 0.335 e. The van der Waals surface area contributed by atoms with Crippen LogP contribution >= 0.6 is 0 Å². The Hall–Kier alpha value is -5.17. The van der Waals surface area contributed by atoms with Gasteiger partial charge in [0, 0.05) is 23.5 Å². The molecule has 0 radical (unpaired) electrons. The van der Waals surface area contributed by atoms with Crippen molar-refractivity contribution in [3.63, 3.8) is 0 Å². The lowest BCUT2D eigenvalue weighted by atomic mass is 10.0. The second kappa shape index (κ2) is 8.88. The summed E-state index contributed by atoms with van der Waals surface area (Å²) >= 11 is 0. The van der Waals surface area contributed by atoms with Crippen LogP contribution in [0.4, 0.5) is 0 Å². The van der Waals surface area contributed by atoms with E-state index in [1.807, 2.05) is 48.5 Å². The summed E-state index contributed by atoms with van der Waals surface area (Å²) in [6, 6.07) is 30.6. The van der Waals surface area contributed by atoms with Gasteiger partial charge in [-0.25, -0.2) is 14.5 Å². The Morgan fingerprint density at radius 2 is 1.31 bits per heavy atom. The van der Waals surface area contributed by atoms with Gasteiger partial charge in [0.1, 0.15) is 0 Å². The van der Waals surface area contributed by atoms with Gasteiger partial charge in [0.15, 0.2) is 11.6 Å². The average molecular weight is 470 g/mol. The average Bonchev–Trinajstić information content (AvgIpc) is 3.39. The molecule has 4 aromatic carbocycles. The van der Waals surface area contributed by atoms with Crippen molar-refractivity contribution < 1.29 is 9.90 Å².